The highest BCUT2D eigenvalue weighted by Gasteiger charge is 2.42. The second-order valence-corrected chi connectivity index (χ2v) is 7.03. The summed E-state index contributed by atoms with van der Waals surface area (Å²) in [6.07, 6.45) is 0.474. The standard InChI is InChI=1S/C25H28O4/c1-28-23-14-12-20(13-15-23)18-29-25(19-27,22-10-6-3-7-11-22)24(16-17-26)21-8-4-2-5-9-21/h2-15,24,26-27H,16-19H2,1H3/t24-,25+/m0/s1. The van der Waals surface area contributed by atoms with Crippen molar-refractivity contribution in [1.29, 1.82) is 0 Å². The molecule has 0 spiro atoms. The van der Waals surface area contributed by atoms with E-state index in [1.165, 1.54) is 0 Å². The van der Waals surface area contributed by atoms with E-state index in [2.05, 4.69) is 0 Å². The lowest BCUT2D eigenvalue weighted by atomic mass is 9.75. The first-order chi connectivity index (χ1) is 14.2. The molecule has 0 saturated carbocycles. The zero-order chi connectivity index (χ0) is 20.5. The molecule has 0 saturated heterocycles. The number of hydrogen-bond acceptors (Lipinski definition) is 4. The molecule has 0 bridgehead atoms. The number of methoxy groups -OCH3 is 1. The van der Waals surface area contributed by atoms with Gasteiger partial charge in [-0.05, 0) is 35.2 Å². The van der Waals surface area contributed by atoms with E-state index < -0.39 is 5.60 Å². The molecule has 4 nitrogen and oxygen atoms in total. The molecule has 0 amide bonds. The zero-order valence-electron chi connectivity index (χ0n) is 16.7. The van der Waals surface area contributed by atoms with Crippen LogP contribution in [-0.2, 0) is 16.9 Å². The van der Waals surface area contributed by atoms with Gasteiger partial charge in [-0.3, -0.25) is 0 Å². The Balaban J connectivity index is 2.00. The summed E-state index contributed by atoms with van der Waals surface area (Å²) >= 11 is 0. The summed E-state index contributed by atoms with van der Waals surface area (Å²) in [7, 11) is 1.64. The Kier molecular flexibility index (Phi) is 7.42. The van der Waals surface area contributed by atoms with E-state index >= 15 is 0 Å². The Hall–Kier alpha value is -2.66. The van der Waals surface area contributed by atoms with Crippen molar-refractivity contribution in [1.82, 2.24) is 0 Å². The Labute approximate surface area is 172 Å². The van der Waals surface area contributed by atoms with E-state index in [-0.39, 0.29) is 19.1 Å². The van der Waals surface area contributed by atoms with Crippen LogP contribution in [0.1, 0.15) is 29.0 Å². The van der Waals surface area contributed by atoms with Crippen LogP contribution >= 0.6 is 0 Å². The molecule has 29 heavy (non-hydrogen) atoms. The minimum atomic E-state index is -0.981. The maximum Gasteiger partial charge on any atom is 0.123 e. The topological polar surface area (TPSA) is 58.9 Å². The van der Waals surface area contributed by atoms with Gasteiger partial charge in [0.05, 0.1) is 20.3 Å². The summed E-state index contributed by atoms with van der Waals surface area (Å²) in [5.74, 6) is 0.576. The largest absolute Gasteiger partial charge is 0.497 e. The lowest BCUT2D eigenvalue weighted by Crippen LogP contribution is -2.41. The lowest BCUT2D eigenvalue weighted by molar-refractivity contribution is -0.116. The Bertz CT molecular complexity index is 849. The highest BCUT2D eigenvalue weighted by atomic mass is 16.5. The molecule has 0 radical (unpaired) electrons. The van der Waals surface area contributed by atoms with Crippen LogP contribution in [0.15, 0.2) is 84.9 Å². The van der Waals surface area contributed by atoms with Crippen LogP contribution in [0.4, 0.5) is 0 Å². The predicted molar refractivity (Wildman–Crippen MR) is 114 cm³/mol. The molecule has 3 aromatic rings. The molecule has 152 valence electrons. The van der Waals surface area contributed by atoms with Gasteiger partial charge in [0.25, 0.3) is 0 Å². The van der Waals surface area contributed by atoms with E-state index in [9.17, 15) is 10.2 Å². The Morgan fingerprint density at radius 1 is 0.828 bits per heavy atom. The lowest BCUT2D eigenvalue weighted by Gasteiger charge is -2.40. The summed E-state index contributed by atoms with van der Waals surface area (Å²) in [6.45, 7) is 0.126. The van der Waals surface area contributed by atoms with Crippen molar-refractivity contribution in [3.8, 4) is 5.75 Å². The number of aliphatic hydroxyl groups is 2. The molecule has 0 aliphatic heterocycles. The Morgan fingerprint density at radius 3 is 2.00 bits per heavy atom. The molecule has 0 aliphatic rings. The fraction of sp³-hybridized carbons (Fsp3) is 0.280. The maximum atomic E-state index is 10.6. The van der Waals surface area contributed by atoms with E-state index in [0.717, 1.165) is 22.4 Å². The van der Waals surface area contributed by atoms with Gasteiger partial charge in [0.2, 0.25) is 0 Å². The predicted octanol–water partition coefficient (Wildman–Crippen LogP) is 4.27. The molecule has 2 N–H and O–H groups in total. The van der Waals surface area contributed by atoms with Gasteiger partial charge in [0.1, 0.15) is 11.4 Å². The quantitative estimate of drug-likeness (QED) is 0.541. The van der Waals surface area contributed by atoms with Gasteiger partial charge in [-0.25, -0.2) is 0 Å². The minimum absolute atomic E-state index is 0.0000400. The van der Waals surface area contributed by atoms with Gasteiger partial charge in [0.15, 0.2) is 0 Å². The van der Waals surface area contributed by atoms with Gasteiger partial charge in [-0.2, -0.15) is 0 Å². The fourth-order valence-electron chi connectivity index (χ4n) is 3.77. The average Bonchev–Trinajstić information content (AvgIpc) is 2.80. The molecule has 0 aliphatic carbocycles. The summed E-state index contributed by atoms with van der Waals surface area (Å²) in [4.78, 5) is 0. The maximum absolute atomic E-state index is 10.6. The number of aliphatic hydroxyl groups excluding tert-OH is 2. The molecule has 3 rings (SSSR count). The first-order valence-electron chi connectivity index (χ1n) is 9.82. The highest BCUT2D eigenvalue weighted by Crippen LogP contribution is 2.43. The normalized spacial score (nSPS) is 14.2. The first-order valence-corrected chi connectivity index (χ1v) is 9.82. The first kappa shape index (κ1) is 21.1. The Morgan fingerprint density at radius 2 is 1.45 bits per heavy atom. The molecular formula is C25H28O4. The summed E-state index contributed by atoms with van der Waals surface area (Å²) < 4.78 is 11.7. The van der Waals surface area contributed by atoms with Crippen LogP contribution in [0.5, 0.6) is 5.75 Å². The third-order valence-corrected chi connectivity index (χ3v) is 5.34. The molecule has 0 heterocycles. The fourth-order valence-corrected chi connectivity index (χ4v) is 3.77. The SMILES string of the molecule is COc1ccc(CO[C@](CO)(c2ccccc2)[C@@H](CCO)c2ccccc2)cc1. The number of hydrogen-bond donors (Lipinski definition) is 2. The van der Waals surface area contributed by atoms with Crippen LogP contribution in [-0.4, -0.2) is 30.5 Å². The number of benzene rings is 3. The second kappa shape index (κ2) is 10.2. The van der Waals surface area contributed by atoms with Crippen LogP contribution in [0, 0.1) is 0 Å². The average molecular weight is 392 g/mol. The highest BCUT2D eigenvalue weighted by molar-refractivity contribution is 5.33. The van der Waals surface area contributed by atoms with Crippen LogP contribution < -0.4 is 4.74 Å². The third kappa shape index (κ3) is 4.85. The molecular weight excluding hydrogens is 364 g/mol. The molecule has 0 fully saturated rings. The van der Waals surface area contributed by atoms with Gasteiger partial charge < -0.3 is 19.7 Å². The van der Waals surface area contributed by atoms with Crippen LogP contribution in [0.2, 0.25) is 0 Å². The van der Waals surface area contributed by atoms with E-state index in [0.29, 0.717) is 13.0 Å². The molecule has 0 aromatic heterocycles. The molecule has 2 atom stereocenters. The minimum Gasteiger partial charge on any atom is -0.497 e. The van der Waals surface area contributed by atoms with Crippen molar-refractivity contribution in [2.24, 2.45) is 0 Å². The molecule has 3 aromatic carbocycles. The van der Waals surface area contributed by atoms with Crippen molar-refractivity contribution in [3.63, 3.8) is 0 Å². The summed E-state index contributed by atoms with van der Waals surface area (Å²) in [5.41, 5.74) is 1.91. The van der Waals surface area contributed by atoms with E-state index in [1.54, 1.807) is 7.11 Å². The smallest absolute Gasteiger partial charge is 0.123 e. The van der Waals surface area contributed by atoms with Crippen molar-refractivity contribution in [2.75, 3.05) is 20.3 Å². The summed E-state index contributed by atoms with van der Waals surface area (Å²) in [6, 6.07) is 27.4. The van der Waals surface area contributed by atoms with E-state index in [1.807, 2.05) is 84.9 Å². The molecule has 4 heteroatoms. The second-order valence-electron chi connectivity index (χ2n) is 7.03. The third-order valence-electron chi connectivity index (χ3n) is 5.34. The van der Waals surface area contributed by atoms with Crippen LogP contribution in [0.25, 0.3) is 0 Å². The monoisotopic (exact) mass is 392 g/mol. The number of rotatable bonds is 10. The van der Waals surface area contributed by atoms with Gasteiger partial charge in [-0.1, -0.05) is 72.8 Å². The van der Waals surface area contributed by atoms with E-state index in [4.69, 9.17) is 9.47 Å². The van der Waals surface area contributed by atoms with Crippen molar-refractivity contribution >= 4 is 0 Å². The van der Waals surface area contributed by atoms with Gasteiger partial charge in [-0.15, -0.1) is 0 Å². The van der Waals surface area contributed by atoms with Crippen LogP contribution in [0.3, 0.4) is 0 Å². The van der Waals surface area contributed by atoms with Gasteiger partial charge in [0, 0.05) is 12.5 Å². The van der Waals surface area contributed by atoms with Gasteiger partial charge >= 0.3 is 0 Å². The molecule has 0 unspecified atom stereocenters. The van der Waals surface area contributed by atoms with Crippen molar-refractivity contribution < 1.29 is 19.7 Å². The van der Waals surface area contributed by atoms with Crippen molar-refractivity contribution in [2.45, 2.75) is 24.5 Å². The summed E-state index contributed by atoms with van der Waals surface area (Å²) in [5, 5.41) is 20.4. The number of ether oxygens (including phenoxy) is 2. The van der Waals surface area contributed by atoms with Crippen molar-refractivity contribution in [3.05, 3.63) is 102 Å². The zero-order valence-corrected chi connectivity index (χ0v) is 16.7.